The van der Waals surface area contributed by atoms with Gasteiger partial charge in [-0.3, -0.25) is 0 Å². The number of aromatic hydroxyl groups is 1. The molecule has 66 valence electrons. The minimum atomic E-state index is 0.338. The molecule has 1 N–H and O–H groups in total. The summed E-state index contributed by atoms with van der Waals surface area (Å²) in [5.41, 5.74) is 1.28. The Labute approximate surface area is 81.6 Å². The molecule has 0 aliphatic rings. The first kappa shape index (κ1) is 9.59. The van der Waals surface area contributed by atoms with Gasteiger partial charge in [-0.05, 0) is 30.0 Å². The van der Waals surface area contributed by atoms with Crippen molar-refractivity contribution in [2.75, 3.05) is 5.33 Å². The predicted molar refractivity (Wildman–Crippen MR) is 54.8 cm³/mol. The van der Waals surface area contributed by atoms with Gasteiger partial charge in [-0.2, -0.15) is 0 Å². The molecule has 0 fully saturated rings. The Bertz CT molecular complexity index is 230. The van der Waals surface area contributed by atoms with Gasteiger partial charge in [0.2, 0.25) is 0 Å². The van der Waals surface area contributed by atoms with Crippen molar-refractivity contribution in [1.82, 2.24) is 0 Å². The van der Waals surface area contributed by atoms with E-state index in [-0.39, 0.29) is 0 Å². The van der Waals surface area contributed by atoms with E-state index in [4.69, 9.17) is 5.11 Å². The first-order chi connectivity index (χ1) is 5.72. The molecule has 2 heteroatoms. The summed E-state index contributed by atoms with van der Waals surface area (Å²) in [4.78, 5) is 0. The topological polar surface area (TPSA) is 20.2 Å². The van der Waals surface area contributed by atoms with Gasteiger partial charge in [0.1, 0.15) is 5.75 Å². The Kier molecular flexibility index (Phi) is 3.60. The van der Waals surface area contributed by atoms with Crippen LogP contribution in [0, 0.1) is 5.92 Å². The smallest absolute Gasteiger partial charge is 0.115 e. The third kappa shape index (κ3) is 2.86. The van der Waals surface area contributed by atoms with Crippen LogP contribution in [0.15, 0.2) is 24.3 Å². The molecule has 1 aromatic rings. The van der Waals surface area contributed by atoms with E-state index in [9.17, 15) is 0 Å². The highest BCUT2D eigenvalue weighted by Crippen LogP contribution is 2.14. The number of alkyl halides is 1. The molecular weight excluding hydrogens is 216 g/mol. The largest absolute Gasteiger partial charge is 0.508 e. The molecular formula is C10H13BrO. The van der Waals surface area contributed by atoms with Gasteiger partial charge in [-0.25, -0.2) is 0 Å². The van der Waals surface area contributed by atoms with Crippen molar-refractivity contribution < 1.29 is 5.11 Å². The molecule has 0 aliphatic carbocycles. The van der Waals surface area contributed by atoms with Gasteiger partial charge in [-0.15, -0.1) is 0 Å². The average Bonchev–Trinajstić information content (AvgIpc) is 2.09. The molecule has 1 rings (SSSR count). The molecule has 1 nitrogen and oxygen atoms in total. The zero-order valence-corrected chi connectivity index (χ0v) is 8.71. The van der Waals surface area contributed by atoms with Gasteiger partial charge in [0.05, 0.1) is 0 Å². The minimum Gasteiger partial charge on any atom is -0.508 e. The van der Waals surface area contributed by atoms with E-state index >= 15 is 0 Å². The minimum absolute atomic E-state index is 0.338. The van der Waals surface area contributed by atoms with Gasteiger partial charge in [0, 0.05) is 5.33 Å². The van der Waals surface area contributed by atoms with E-state index in [2.05, 4.69) is 22.9 Å². The van der Waals surface area contributed by atoms with E-state index in [1.807, 2.05) is 12.1 Å². The van der Waals surface area contributed by atoms with Crippen LogP contribution < -0.4 is 0 Å². The Hall–Kier alpha value is -0.500. The molecule has 0 aliphatic heterocycles. The second kappa shape index (κ2) is 4.51. The summed E-state index contributed by atoms with van der Waals surface area (Å²) in [6, 6.07) is 7.40. The van der Waals surface area contributed by atoms with Crippen LogP contribution in [0.2, 0.25) is 0 Å². The summed E-state index contributed by atoms with van der Waals surface area (Å²) in [5.74, 6) is 0.986. The standard InChI is InChI=1S/C10H13BrO/c1-8(7-11)6-9-2-4-10(12)5-3-9/h2-5,8,12H,6-7H2,1H3. The number of phenols is 1. The Balaban J connectivity index is 2.58. The lowest BCUT2D eigenvalue weighted by molar-refractivity contribution is 0.475. The molecule has 0 saturated heterocycles. The van der Waals surface area contributed by atoms with Gasteiger partial charge in [0.15, 0.2) is 0 Å². The fraction of sp³-hybridized carbons (Fsp3) is 0.400. The third-order valence-corrected chi connectivity index (χ3v) is 2.89. The van der Waals surface area contributed by atoms with Crippen LogP contribution in [0.5, 0.6) is 5.75 Å². The fourth-order valence-corrected chi connectivity index (χ4v) is 1.32. The van der Waals surface area contributed by atoms with E-state index in [1.165, 1.54) is 5.56 Å². The van der Waals surface area contributed by atoms with Gasteiger partial charge < -0.3 is 5.11 Å². The van der Waals surface area contributed by atoms with Crippen molar-refractivity contribution in [3.63, 3.8) is 0 Å². The van der Waals surface area contributed by atoms with E-state index in [0.29, 0.717) is 11.7 Å². The molecule has 12 heavy (non-hydrogen) atoms. The highest BCUT2D eigenvalue weighted by Gasteiger charge is 2.00. The second-order valence-electron chi connectivity index (χ2n) is 3.13. The second-order valence-corrected chi connectivity index (χ2v) is 3.78. The normalized spacial score (nSPS) is 12.8. The number of rotatable bonds is 3. The highest BCUT2D eigenvalue weighted by atomic mass is 79.9. The average molecular weight is 229 g/mol. The van der Waals surface area contributed by atoms with Crippen LogP contribution in [0.4, 0.5) is 0 Å². The van der Waals surface area contributed by atoms with E-state index < -0.39 is 0 Å². The molecule has 0 saturated carbocycles. The van der Waals surface area contributed by atoms with Crippen molar-refractivity contribution in [3.8, 4) is 5.75 Å². The molecule has 1 unspecified atom stereocenters. The van der Waals surface area contributed by atoms with Crippen LogP contribution in [0.3, 0.4) is 0 Å². The van der Waals surface area contributed by atoms with E-state index in [1.54, 1.807) is 12.1 Å². The fourth-order valence-electron chi connectivity index (χ4n) is 1.09. The molecule has 0 heterocycles. The van der Waals surface area contributed by atoms with Crippen molar-refractivity contribution in [2.45, 2.75) is 13.3 Å². The first-order valence-electron chi connectivity index (χ1n) is 4.06. The molecule has 1 atom stereocenters. The lowest BCUT2D eigenvalue weighted by Gasteiger charge is -2.06. The molecule has 1 aromatic carbocycles. The van der Waals surface area contributed by atoms with Gasteiger partial charge in [0.25, 0.3) is 0 Å². The first-order valence-corrected chi connectivity index (χ1v) is 5.18. The van der Waals surface area contributed by atoms with Crippen LogP contribution in [-0.2, 0) is 6.42 Å². The number of hydrogen-bond donors (Lipinski definition) is 1. The molecule has 0 aromatic heterocycles. The van der Waals surface area contributed by atoms with Crippen LogP contribution in [-0.4, -0.2) is 10.4 Å². The quantitative estimate of drug-likeness (QED) is 0.790. The molecule has 0 bridgehead atoms. The van der Waals surface area contributed by atoms with Gasteiger partial charge in [-0.1, -0.05) is 35.0 Å². The van der Waals surface area contributed by atoms with Gasteiger partial charge >= 0.3 is 0 Å². The van der Waals surface area contributed by atoms with Crippen molar-refractivity contribution in [2.24, 2.45) is 5.92 Å². The summed E-state index contributed by atoms with van der Waals surface area (Å²) in [5, 5.41) is 10.1. The summed E-state index contributed by atoms with van der Waals surface area (Å²) in [6.07, 6.45) is 1.06. The van der Waals surface area contributed by atoms with Crippen molar-refractivity contribution in [3.05, 3.63) is 29.8 Å². The third-order valence-electron chi connectivity index (χ3n) is 1.78. The van der Waals surface area contributed by atoms with Crippen molar-refractivity contribution in [1.29, 1.82) is 0 Å². The zero-order chi connectivity index (χ0) is 8.97. The monoisotopic (exact) mass is 228 g/mol. The van der Waals surface area contributed by atoms with Crippen LogP contribution in [0.1, 0.15) is 12.5 Å². The molecule has 0 spiro atoms. The highest BCUT2D eigenvalue weighted by molar-refractivity contribution is 9.09. The summed E-state index contributed by atoms with van der Waals surface area (Å²) >= 11 is 3.44. The van der Waals surface area contributed by atoms with Crippen LogP contribution >= 0.6 is 15.9 Å². The number of hydrogen-bond acceptors (Lipinski definition) is 1. The lowest BCUT2D eigenvalue weighted by Crippen LogP contribution is -1.99. The SMILES string of the molecule is CC(CBr)Cc1ccc(O)cc1. The van der Waals surface area contributed by atoms with Crippen LogP contribution in [0.25, 0.3) is 0 Å². The van der Waals surface area contributed by atoms with Crippen molar-refractivity contribution >= 4 is 15.9 Å². The number of benzene rings is 1. The van der Waals surface area contributed by atoms with E-state index in [0.717, 1.165) is 11.8 Å². The lowest BCUT2D eigenvalue weighted by atomic mass is 10.0. The summed E-state index contributed by atoms with van der Waals surface area (Å²) < 4.78 is 0. The Morgan fingerprint density at radius 3 is 2.42 bits per heavy atom. The molecule has 0 amide bonds. The predicted octanol–water partition coefficient (Wildman–Crippen LogP) is 2.97. The maximum atomic E-state index is 9.04. The number of phenolic OH excluding ortho intramolecular Hbond substituents is 1. The maximum absolute atomic E-state index is 9.04. The Morgan fingerprint density at radius 2 is 1.92 bits per heavy atom. The molecule has 0 radical (unpaired) electrons. The summed E-state index contributed by atoms with van der Waals surface area (Å²) in [7, 11) is 0. The Morgan fingerprint density at radius 1 is 1.33 bits per heavy atom. The zero-order valence-electron chi connectivity index (χ0n) is 7.13. The summed E-state index contributed by atoms with van der Waals surface area (Å²) in [6.45, 7) is 2.20. The maximum Gasteiger partial charge on any atom is 0.115 e. The number of halogens is 1.